The third-order valence-electron chi connectivity index (χ3n) is 5.19. The summed E-state index contributed by atoms with van der Waals surface area (Å²) in [6.07, 6.45) is 0. The molecule has 162 valence electrons. The molecule has 1 saturated heterocycles. The molecule has 4 rings (SSSR count). The van der Waals surface area contributed by atoms with Gasteiger partial charge >= 0.3 is 5.76 Å². The van der Waals surface area contributed by atoms with E-state index in [2.05, 4.69) is 10.6 Å². The number of carbonyl (C=O) groups excluding carboxylic acids is 2. The maximum atomic E-state index is 12.7. The largest absolute Gasteiger partial charge is 0.420 e. The van der Waals surface area contributed by atoms with Gasteiger partial charge < -0.3 is 19.8 Å². The van der Waals surface area contributed by atoms with Gasteiger partial charge in [-0.15, -0.1) is 0 Å². The summed E-state index contributed by atoms with van der Waals surface area (Å²) in [5.41, 5.74) is 2.20. The van der Waals surface area contributed by atoms with Crippen LogP contribution in [0.1, 0.15) is 13.0 Å². The Morgan fingerprint density at radius 1 is 1.00 bits per heavy atom. The molecule has 1 aliphatic rings. The first-order valence-corrected chi connectivity index (χ1v) is 10.1. The second-order valence-corrected chi connectivity index (χ2v) is 7.38. The predicted molar refractivity (Wildman–Crippen MR) is 116 cm³/mol. The topological polar surface area (TPSA) is 106 Å². The Labute approximate surface area is 178 Å². The number of aromatic nitrogens is 1. The number of anilines is 2. The maximum absolute atomic E-state index is 12.7. The summed E-state index contributed by atoms with van der Waals surface area (Å²) in [6, 6.07) is 13.0. The minimum atomic E-state index is -0.760. The number of hydrogen-bond donors (Lipinski definition) is 2. The van der Waals surface area contributed by atoms with Gasteiger partial charge in [-0.05, 0) is 43.3 Å². The summed E-state index contributed by atoms with van der Waals surface area (Å²) in [5.74, 6) is -1.03. The van der Waals surface area contributed by atoms with E-state index in [0.717, 1.165) is 13.1 Å². The van der Waals surface area contributed by atoms with Gasteiger partial charge in [-0.1, -0.05) is 12.1 Å². The van der Waals surface area contributed by atoms with E-state index < -0.39 is 11.8 Å². The molecule has 9 nitrogen and oxygen atoms in total. The lowest BCUT2D eigenvalue weighted by Gasteiger charge is -2.25. The lowest BCUT2D eigenvalue weighted by Crippen LogP contribution is -2.41. The van der Waals surface area contributed by atoms with Crippen molar-refractivity contribution in [1.29, 1.82) is 0 Å². The normalized spacial score (nSPS) is 15.5. The molecule has 2 amide bonds. The van der Waals surface area contributed by atoms with Crippen LogP contribution < -0.4 is 16.4 Å². The van der Waals surface area contributed by atoms with E-state index in [1.165, 1.54) is 4.57 Å². The van der Waals surface area contributed by atoms with Crippen molar-refractivity contribution in [3.8, 4) is 0 Å². The number of rotatable bonds is 6. The molecule has 0 saturated carbocycles. The van der Waals surface area contributed by atoms with Crippen LogP contribution >= 0.6 is 0 Å². The van der Waals surface area contributed by atoms with Gasteiger partial charge in [0.2, 0.25) is 11.8 Å². The fraction of sp³-hybridized carbons (Fsp3) is 0.318. The van der Waals surface area contributed by atoms with E-state index in [9.17, 15) is 14.4 Å². The lowest BCUT2D eigenvalue weighted by atomic mass is 10.2. The highest BCUT2D eigenvalue weighted by Gasteiger charge is 2.21. The number of nitrogens with zero attached hydrogens (tertiary/aromatic N) is 2. The van der Waals surface area contributed by atoms with E-state index in [1.807, 2.05) is 4.90 Å². The average Bonchev–Trinajstić information content (AvgIpc) is 3.10. The molecule has 1 aliphatic heterocycles. The molecule has 9 heteroatoms. The zero-order valence-electron chi connectivity index (χ0n) is 17.2. The summed E-state index contributed by atoms with van der Waals surface area (Å²) in [4.78, 5) is 39.1. The van der Waals surface area contributed by atoms with Crippen LogP contribution in [0.4, 0.5) is 11.4 Å². The molecule has 3 aromatic rings. The van der Waals surface area contributed by atoms with Crippen LogP contribution in [0.3, 0.4) is 0 Å². The van der Waals surface area contributed by atoms with Crippen molar-refractivity contribution in [3.05, 3.63) is 59.1 Å². The Morgan fingerprint density at radius 2 is 1.65 bits per heavy atom. The maximum Gasteiger partial charge on any atom is 0.420 e. The van der Waals surface area contributed by atoms with E-state index in [4.69, 9.17) is 9.15 Å². The third kappa shape index (κ3) is 4.84. The summed E-state index contributed by atoms with van der Waals surface area (Å²) in [6.45, 7) is 4.71. The highest BCUT2D eigenvalue weighted by molar-refractivity contribution is 5.95. The van der Waals surface area contributed by atoms with Gasteiger partial charge in [0.25, 0.3) is 0 Å². The van der Waals surface area contributed by atoms with Crippen molar-refractivity contribution in [1.82, 2.24) is 9.47 Å². The quantitative estimate of drug-likeness (QED) is 0.628. The standard InChI is InChI=1S/C22H24N4O5/c1-15(26-18-4-2-3-5-19(18)31-22(26)29)21(28)24-17-8-6-16(7-9-17)23-20(27)14-25-10-12-30-13-11-25/h2-9,15H,10-14H2,1H3,(H,23,27)(H,24,28)/t15-/m0/s1. The number of para-hydroxylation sites is 2. The van der Waals surface area contributed by atoms with Crippen LogP contribution in [-0.2, 0) is 14.3 Å². The molecule has 31 heavy (non-hydrogen) atoms. The van der Waals surface area contributed by atoms with Gasteiger partial charge in [0.15, 0.2) is 5.58 Å². The van der Waals surface area contributed by atoms with Crippen LogP contribution in [0.5, 0.6) is 0 Å². The van der Waals surface area contributed by atoms with Gasteiger partial charge in [-0.2, -0.15) is 0 Å². The van der Waals surface area contributed by atoms with Crippen molar-refractivity contribution >= 4 is 34.3 Å². The van der Waals surface area contributed by atoms with Crippen LogP contribution in [0.25, 0.3) is 11.1 Å². The van der Waals surface area contributed by atoms with Gasteiger partial charge in [-0.3, -0.25) is 19.1 Å². The average molecular weight is 424 g/mol. The second-order valence-electron chi connectivity index (χ2n) is 7.38. The number of amides is 2. The Bertz CT molecular complexity index is 1130. The van der Waals surface area contributed by atoms with Gasteiger partial charge in [0, 0.05) is 24.5 Å². The number of ether oxygens (including phenoxy) is 1. The summed E-state index contributed by atoms with van der Waals surface area (Å²) < 4.78 is 11.8. The minimum Gasteiger partial charge on any atom is -0.408 e. The smallest absolute Gasteiger partial charge is 0.408 e. The lowest BCUT2D eigenvalue weighted by molar-refractivity contribution is -0.119. The molecule has 1 atom stereocenters. The van der Waals surface area contributed by atoms with E-state index in [0.29, 0.717) is 42.2 Å². The van der Waals surface area contributed by atoms with E-state index >= 15 is 0 Å². The summed E-state index contributed by atoms with van der Waals surface area (Å²) in [5, 5.41) is 5.64. The SMILES string of the molecule is C[C@@H](C(=O)Nc1ccc(NC(=O)CN2CCOCC2)cc1)n1c(=O)oc2ccccc21. The molecule has 1 fully saturated rings. The molecule has 0 aliphatic carbocycles. The Kier molecular flexibility index (Phi) is 6.15. The van der Waals surface area contributed by atoms with Crippen molar-refractivity contribution in [2.75, 3.05) is 43.5 Å². The van der Waals surface area contributed by atoms with E-state index in [-0.39, 0.29) is 11.8 Å². The monoisotopic (exact) mass is 424 g/mol. The number of carbonyl (C=O) groups is 2. The first kappa shape index (κ1) is 20.8. The first-order valence-electron chi connectivity index (χ1n) is 10.1. The fourth-order valence-electron chi connectivity index (χ4n) is 3.51. The van der Waals surface area contributed by atoms with Gasteiger partial charge in [0.05, 0.1) is 25.3 Å². The number of fused-ring (bicyclic) bond motifs is 1. The highest BCUT2D eigenvalue weighted by Crippen LogP contribution is 2.19. The molecule has 0 radical (unpaired) electrons. The predicted octanol–water partition coefficient (Wildman–Crippen LogP) is 2.06. The van der Waals surface area contributed by atoms with Crippen LogP contribution in [0.15, 0.2) is 57.7 Å². The molecule has 0 unspecified atom stereocenters. The number of oxazole rings is 1. The van der Waals surface area contributed by atoms with Crippen LogP contribution in [0.2, 0.25) is 0 Å². The fourth-order valence-corrected chi connectivity index (χ4v) is 3.51. The van der Waals surface area contributed by atoms with Gasteiger partial charge in [0.1, 0.15) is 6.04 Å². The molecular formula is C22H24N4O5. The summed E-state index contributed by atoms with van der Waals surface area (Å²) >= 11 is 0. The Hall–Kier alpha value is -3.43. The van der Waals surface area contributed by atoms with Crippen LogP contribution in [0, 0.1) is 0 Å². The van der Waals surface area contributed by atoms with Crippen molar-refractivity contribution in [2.45, 2.75) is 13.0 Å². The van der Waals surface area contributed by atoms with Crippen LogP contribution in [-0.4, -0.2) is 54.1 Å². The van der Waals surface area contributed by atoms with Gasteiger partial charge in [-0.25, -0.2) is 4.79 Å². The molecule has 0 spiro atoms. The summed E-state index contributed by atoms with van der Waals surface area (Å²) in [7, 11) is 0. The number of benzene rings is 2. The zero-order valence-corrected chi connectivity index (χ0v) is 17.2. The first-order chi connectivity index (χ1) is 15.0. The molecule has 2 N–H and O–H groups in total. The molecule has 2 aromatic carbocycles. The molecular weight excluding hydrogens is 400 g/mol. The zero-order chi connectivity index (χ0) is 21.8. The van der Waals surface area contributed by atoms with E-state index in [1.54, 1.807) is 55.5 Å². The molecule has 2 heterocycles. The molecule has 1 aromatic heterocycles. The second kappa shape index (κ2) is 9.15. The minimum absolute atomic E-state index is 0.0986. The number of hydrogen-bond acceptors (Lipinski definition) is 6. The Morgan fingerprint density at radius 3 is 2.35 bits per heavy atom. The highest BCUT2D eigenvalue weighted by atomic mass is 16.5. The van der Waals surface area contributed by atoms with Crippen molar-refractivity contribution in [2.24, 2.45) is 0 Å². The number of nitrogens with one attached hydrogen (secondary N) is 2. The van der Waals surface area contributed by atoms with Crippen molar-refractivity contribution < 1.29 is 18.7 Å². The molecule has 0 bridgehead atoms. The third-order valence-corrected chi connectivity index (χ3v) is 5.19. The van der Waals surface area contributed by atoms with Crippen molar-refractivity contribution in [3.63, 3.8) is 0 Å². The Balaban J connectivity index is 1.37. The number of morpholine rings is 1.